The number of carbonyl (C=O) groups is 1. The Morgan fingerprint density at radius 2 is 1.86 bits per heavy atom. The maximum atomic E-state index is 12.7. The summed E-state index contributed by atoms with van der Waals surface area (Å²) < 4.78 is 1.71. The van der Waals surface area contributed by atoms with E-state index in [2.05, 4.69) is 39.5 Å². The van der Waals surface area contributed by atoms with Crippen LogP contribution in [0.2, 0.25) is 0 Å². The van der Waals surface area contributed by atoms with E-state index >= 15 is 0 Å². The quantitative estimate of drug-likeness (QED) is 0.700. The number of aromatic amines is 1. The molecule has 0 radical (unpaired) electrons. The van der Waals surface area contributed by atoms with Gasteiger partial charge in [-0.15, -0.1) is 0 Å². The predicted molar refractivity (Wildman–Crippen MR) is 115 cm³/mol. The van der Waals surface area contributed by atoms with Crippen molar-refractivity contribution >= 4 is 16.9 Å². The molecule has 6 heteroatoms. The molecule has 0 bridgehead atoms. The van der Waals surface area contributed by atoms with Gasteiger partial charge in [-0.2, -0.15) is 0 Å². The molecule has 152 valence electrons. The Balaban J connectivity index is 1.37. The third kappa shape index (κ3) is 4.27. The normalized spacial score (nSPS) is 15.8. The Morgan fingerprint density at radius 1 is 1.14 bits per heavy atom. The first kappa shape index (κ1) is 19.5. The van der Waals surface area contributed by atoms with Crippen molar-refractivity contribution in [3.8, 4) is 0 Å². The second kappa shape index (κ2) is 8.25. The van der Waals surface area contributed by atoms with Crippen LogP contribution in [0.25, 0.3) is 11.0 Å². The van der Waals surface area contributed by atoms with Crippen molar-refractivity contribution in [3.05, 3.63) is 70.1 Å². The summed E-state index contributed by atoms with van der Waals surface area (Å²) in [4.78, 5) is 30.2. The van der Waals surface area contributed by atoms with Crippen molar-refractivity contribution in [2.24, 2.45) is 0 Å². The minimum Gasteiger partial charge on any atom is -0.349 e. The zero-order valence-corrected chi connectivity index (χ0v) is 17.0. The molecule has 3 aromatic rings. The van der Waals surface area contributed by atoms with E-state index < -0.39 is 0 Å². The molecule has 0 saturated carbocycles. The van der Waals surface area contributed by atoms with Crippen molar-refractivity contribution < 1.29 is 4.79 Å². The lowest BCUT2D eigenvalue weighted by Gasteiger charge is -2.32. The van der Waals surface area contributed by atoms with E-state index in [0.29, 0.717) is 11.1 Å². The molecule has 1 fully saturated rings. The predicted octanol–water partition coefficient (Wildman–Crippen LogP) is 3.30. The van der Waals surface area contributed by atoms with Crippen LogP contribution in [0.5, 0.6) is 0 Å². The summed E-state index contributed by atoms with van der Waals surface area (Å²) in [5.74, 6) is -0.0773. The number of fused-ring (bicyclic) bond motifs is 1. The van der Waals surface area contributed by atoms with Gasteiger partial charge in [-0.25, -0.2) is 4.79 Å². The zero-order valence-electron chi connectivity index (χ0n) is 17.0. The van der Waals surface area contributed by atoms with Crippen LogP contribution in [0.4, 0.5) is 0 Å². The molecule has 1 aliphatic heterocycles. The fraction of sp³-hybridized carbons (Fsp3) is 0.391. The minimum absolute atomic E-state index is 0.0667. The summed E-state index contributed by atoms with van der Waals surface area (Å²) in [6.45, 7) is 6.85. The van der Waals surface area contributed by atoms with Crippen LogP contribution in [0, 0.1) is 0 Å². The van der Waals surface area contributed by atoms with E-state index in [1.807, 2.05) is 26.0 Å². The van der Waals surface area contributed by atoms with Gasteiger partial charge in [0.1, 0.15) is 0 Å². The van der Waals surface area contributed by atoms with Crippen molar-refractivity contribution in [2.45, 2.75) is 45.3 Å². The van der Waals surface area contributed by atoms with Gasteiger partial charge < -0.3 is 10.3 Å². The molecule has 1 saturated heterocycles. The topological polar surface area (TPSA) is 70.1 Å². The fourth-order valence-corrected chi connectivity index (χ4v) is 4.13. The largest absolute Gasteiger partial charge is 0.349 e. The number of carbonyl (C=O) groups excluding carboxylic acids is 1. The van der Waals surface area contributed by atoms with Crippen LogP contribution in [-0.4, -0.2) is 39.5 Å². The van der Waals surface area contributed by atoms with Crippen molar-refractivity contribution in [1.82, 2.24) is 19.8 Å². The third-order valence-electron chi connectivity index (χ3n) is 5.67. The van der Waals surface area contributed by atoms with E-state index in [-0.39, 0.29) is 23.7 Å². The van der Waals surface area contributed by atoms with Gasteiger partial charge in [0.25, 0.3) is 5.91 Å². The Hall–Kier alpha value is -2.86. The summed E-state index contributed by atoms with van der Waals surface area (Å²) in [5, 5.41) is 3.16. The van der Waals surface area contributed by atoms with Gasteiger partial charge in [0.2, 0.25) is 0 Å². The van der Waals surface area contributed by atoms with Gasteiger partial charge in [0.05, 0.1) is 11.0 Å². The molecule has 6 nitrogen and oxygen atoms in total. The molecule has 1 amide bonds. The first-order valence-electron chi connectivity index (χ1n) is 10.3. The number of piperidine rings is 1. The van der Waals surface area contributed by atoms with Gasteiger partial charge in [-0.05, 0) is 50.5 Å². The maximum absolute atomic E-state index is 12.7. The number of imidazole rings is 1. The number of aromatic nitrogens is 2. The monoisotopic (exact) mass is 392 g/mol. The highest BCUT2D eigenvalue weighted by Gasteiger charge is 2.21. The number of nitrogens with one attached hydrogen (secondary N) is 2. The molecule has 2 aromatic carbocycles. The van der Waals surface area contributed by atoms with E-state index in [0.717, 1.165) is 38.0 Å². The van der Waals surface area contributed by atoms with Crippen molar-refractivity contribution in [2.75, 3.05) is 13.1 Å². The Morgan fingerprint density at radius 3 is 2.55 bits per heavy atom. The Kier molecular flexibility index (Phi) is 5.53. The standard InChI is InChI=1S/C23H28N4O2/c1-16(2)27-21-9-8-18(14-20(21)25-23(27)29)22(28)24-19-10-12-26(13-11-19)15-17-6-4-3-5-7-17/h3-9,14,16,19H,10-13,15H2,1-2H3,(H,24,28)(H,25,29). The molecule has 29 heavy (non-hydrogen) atoms. The number of likely N-dealkylation sites (tertiary alicyclic amines) is 1. The minimum atomic E-state index is -0.140. The van der Waals surface area contributed by atoms with Gasteiger partial charge in [0.15, 0.2) is 0 Å². The van der Waals surface area contributed by atoms with E-state index in [9.17, 15) is 9.59 Å². The van der Waals surface area contributed by atoms with Crippen LogP contribution in [-0.2, 0) is 6.54 Å². The SMILES string of the molecule is CC(C)n1c(=O)[nH]c2cc(C(=O)NC3CCN(Cc4ccccc4)CC3)ccc21. The van der Waals surface area contributed by atoms with Crippen LogP contribution in [0.3, 0.4) is 0 Å². The molecule has 0 aliphatic carbocycles. The number of rotatable bonds is 5. The summed E-state index contributed by atoms with van der Waals surface area (Å²) in [6, 6.07) is 16.2. The Bertz CT molecular complexity index is 1040. The number of nitrogens with zero attached hydrogens (tertiary/aromatic N) is 2. The molecule has 0 atom stereocenters. The van der Waals surface area contributed by atoms with Gasteiger partial charge >= 0.3 is 5.69 Å². The van der Waals surface area contributed by atoms with E-state index in [1.165, 1.54) is 5.56 Å². The van der Waals surface area contributed by atoms with Gasteiger partial charge in [-0.3, -0.25) is 14.3 Å². The van der Waals surface area contributed by atoms with Gasteiger partial charge in [0, 0.05) is 37.3 Å². The molecular weight excluding hydrogens is 364 g/mol. The lowest BCUT2D eigenvalue weighted by Crippen LogP contribution is -2.44. The number of benzene rings is 2. The highest BCUT2D eigenvalue weighted by atomic mass is 16.2. The molecule has 1 aliphatic rings. The van der Waals surface area contributed by atoms with Crippen LogP contribution in [0.1, 0.15) is 48.7 Å². The molecule has 2 N–H and O–H groups in total. The van der Waals surface area contributed by atoms with Crippen LogP contribution in [0.15, 0.2) is 53.3 Å². The van der Waals surface area contributed by atoms with Crippen molar-refractivity contribution in [3.63, 3.8) is 0 Å². The summed E-state index contributed by atoms with van der Waals surface area (Å²) in [6.07, 6.45) is 1.89. The lowest BCUT2D eigenvalue weighted by molar-refractivity contribution is 0.0909. The highest BCUT2D eigenvalue weighted by Crippen LogP contribution is 2.18. The zero-order chi connectivity index (χ0) is 20.4. The van der Waals surface area contributed by atoms with Crippen LogP contribution < -0.4 is 11.0 Å². The average molecular weight is 393 g/mol. The van der Waals surface area contributed by atoms with E-state index in [1.54, 1.807) is 16.7 Å². The van der Waals surface area contributed by atoms with Crippen molar-refractivity contribution in [1.29, 1.82) is 0 Å². The summed E-state index contributed by atoms with van der Waals surface area (Å²) in [5.41, 5.74) is 3.30. The van der Waals surface area contributed by atoms with E-state index in [4.69, 9.17) is 0 Å². The summed E-state index contributed by atoms with van der Waals surface area (Å²) in [7, 11) is 0. The highest BCUT2D eigenvalue weighted by molar-refractivity contribution is 5.97. The molecular formula is C23H28N4O2. The Labute approximate surface area is 170 Å². The first-order valence-corrected chi connectivity index (χ1v) is 10.3. The third-order valence-corrected chi connectivity index (χ3v) is 5.67. The first-order chi connectivity index (χ1) is 14.0. The maximum Gasteiger partial charge on any atom is 0.326 e. The smallest absolute Gasteiger partial charge is 0.326 e. The number of hydrogen-bond donors (Lipinski definition) is 2. The average Bonchev–Trinajstić information content (AvgIpc) is 3.05. The number of H-pyrrole nitrogens is 1. The molecule has 4 rings (SSSR count). The molecule has 0 unspecified atom stereocenters. The number of amides is 1. The molecule has 2 heterocycles. The summed E-state index contributed by atoms with van der Waals surface area (Å²) >= 11 is 0. The van der Waals surface area contributed by atoms with Gasteiger partial charge in [-0.1, -0.05) is 30.3 Å². The van der Waals surface area contributed by atoms with Crippen LogP contribution >= 0.6 is 0 Å². The second-order valence-corrected chi connectivity index (χ2v) is 8.14. The molecule has 0 spiro atoms. The number of hydrogen-bond acceptors (Lipinski definition) is 3. The fourth-order valence-electron chi connectivity index (χ4n) is 4.13. The molecule has 1 aromatic heterocycles. The lowest BCUT2D eigenvalue weighted by atomic mass is 10.0. The second-order valence-electron chi connectivity index (χ2n) is 8.14.